The fourth-order valence-corrected chi connectivity index (χ4v) is 2.91. The van der Waals surface area contributed by atoms with Gasteiger partial charge < -0.3 is 14.8 Å². The number of carboxylic acid groups (broad SMARTS) is 1. The predicted octanol–water partition coefficient (Wildman–Crippen LogP) is 4.15. The molecule has 0 spiro atoms. The minimum Gasteiger partial charge on any atom is -0.497 e. The van der Waals surface area contributed by atoms with Crippen LogP contribution < -0.4 is 4.74 Å². The Labute approximate surface area is 150 Å². The second-order valence-corrected chi connectivity index (χ2v) is 5.96. The third kappa shape index (κ3) is 3.83. The van der Waals surface area contributed by atoms with Gasteiger partial charge in [0.05, 0.1) is 12.8 Å². The number of aromatic amines is 1. The molecule has 1 aromatic heterocycles. The average Bonchev–Trinajstić information content (AvgIpc) is 3.02. The molecule has 3 aromatic rings. The molecule has 0 aliphatic carbocycles. The first-order chi connectivity index (χ1) is 12.1. The Morgan fingerprint density at radius 3 is 2.48 bits per heavy atom. The van der Waals surface area contributed by atoms with E-state index in [9.17, 15) is 9.90 Å². The third-order valence-electron chi connectivity index (χ3n) is 3.98. The van der Waals surface area contributed by atoms with Crippen LogP contribution in [-0.4, -0.2) is 28.2 Å². The molecule has 0 saturated heterocycles. The lowest BCUT2D eigenvalue weighted by Crippen LogP contribution is -2.15. The number of hydrogen-bond donors (Lipinski definition) is 2. The average molecular weight is 357 g/mol. The van der Waals surface area contributed by atoms with Gasteiger partial charge in [-0.1, -0.05) is 41.9 Å². The summed E-state index contributed by atoms with van der Waals surface area (Å²) in [4.78, 5) is 19.1. The highest BCUT2D eigenvalue weighted by molar-refractivity contribution is 6.30. The van der Waals surface area contributed by atoms with Gasteiger partial charge in [-0.2, -0.15) is 0 Å². The number of nitrogens with one attached hydrogen (secondary N) is 1. The first-order valence-electron chi connectivity index (χ1n) is 7.75. The van der Waals surface area contributed by atoms with E-state index >= 15 is 0 Å². The van der Waals surface area contributed by atoms with Gasteiger partial charge in [-0.05, 0) is 36.2 Å². The molecule has 3 rings (SSSR count). The standard InChI is InChI=1S/C19H17ClN2O3/c1-25-14-9-7-13(8-10-14)18-21-16(17(20)22-18)15(19(23)24)11-12-5-3-2-4-6-12/h2-10,15H,11H2,1H3,(H,21,22)(H,23,24). The van der Waals surface area contributed by atoms with E-state index in [0.29, 0.717) is 17.9 Å². The molecular formula is C19H17ClN2O3. The van der Waals surface area contributed by atoms with E-state index in [2.05, 4.69) is 9.97 Å². The summed E-state index contributed by atoms with van der Waals surface area (Å²) in [5.41, 5.74) is 2.13. The summed E-state index contributed by atoms with van der Waals surface area (Å²) in [6.45, 7) is 0. The smallest absolute Gasteiger partial charge is 0.312 e. The molecule has 1 unspecified atom stereocenters. The van der Waals surface area contributed by atoms with Crippen molar-refractivity contribution < 1.29 is 14.6 Å². The van der Waals surface area contributed by atoms with Crippen molar-refractivity contribution in [1.29, 1.82) is 0 Å². The van der Waals surface area contributed by atoms with Gasteiger partial charge in [-0.15, -0.1) is 0 Å². The number of methoxy groups -OCH3 is 1. The number of nitrogens with zero attached hydrogens (tertiary/aromatic N) is 1. The van der Waals surface area contributed by atoms with E-state index in [4.69, 9.17) is 16.3 Å². The van der Waals surface area contributed by atoms with Crippen LogP contribution in [0.1, 0.15) is 17.2 Å². The summed E-state index contributed by atoms with van der Waals surface area (Å²) in [6.07, 6.45) is 0.333. The lowest BCUT2D eigenvalue weighted by atomic mass is 9.97. The van der Waals surface area contributed by atoms with Crippen molar-refractivity contribution in [3.8, 4) is 17.1 Å². The first kappa shape index (κ1) is 17.0. The number of H-pyrrole nitrogens is 1. The SMILES string of the molecule is COc1ccc(-c2nc(Cl)c(C(Cc3ccccc3)C(=O)O)[nH]2)cc1. The number of aliphatic carboxylic acids is 1. The molecule has 128 valence electrons. The van der Waals surface area contributed by atoms with Crippen LogP contribution in [0, 0.1) is 0 Å². The lowest BCUT2D eigenvalue weighted by molar-refractivity contribution is -0.138. The molecule has 0 saturated carbocycles. The number of carbonyl (C=O) groups is 1. The molecule has 6 heteroatoms. The summed E-state index contributed by atoms with van der Waals surface area (Å²) in [7, 11) is 1.60. The van der Waals surface area contributed by atoms with Crippen LogP contribution in [0.5, 0.6) is 5.75 Å². The Balaban J connectivity index is 1.92. The van der Waals surface area contributed by atoms with E-state index in [1.54, 1.807) is 7.11 Å². The molecule has 5 nitrogen and oxygen atoms in total. The van der Waals surface area contributed by atoms with Crippen LogP contribution in [-0.2, 0) is 11.2 Å². The van der Waals surface area contributed by atoms with E-state index in [1.165, 1.54) is 0 Å². The first-order valence-corrected chi connectivity index (χ1v) is 8.13. The molecular weight excluding hydrogens is 340 g/mol. The second kappa shape index (κ2) is 7.40. The van der Waals surface area contributed by atoms with Gasteiger partial charge in [0.2, 0.25) is 0 Å². The van der Waals surface area contributed by atoms with Crippen LogP contribution in [0.2, 0.25) is 5.15 Å². The molecule has 0 amide bonds. The van der Waals surface area contributed by atoms with Crippen molar-refractivity contribution in [3.63, 3.8) is 0 Å². The minimum absolute atomic E-state index is 0.175. The van der Waals surface area contributed by atoms with Gasteiger partial charge in [-0.25, -0.2) is 4.98 Å². The summed E-state index contributed by atoms with van der Waals surface area (Å²) >= 11 is 6.23. The molecule has 1 atom stereocenters. The molecule has 0 radical (unpaired) electrons. The molecule has 1 heterocycles. The van der Waals surface area contributed by atoms with Crippen molar-refractivity contribution in [2.45, 2.75) is 12.3 Å². The number of aromatic nitrogens is 2. The van der Waals surface area contributed by atoms with E-state index in [-0.39, 0.29) is 5.15 Å². The van der Waals surface area contributed by atoms with Crippen molar-refractivity contribution in [2.75, 3.05) is 7.11 Å². The number of imidazole rings is 1. The highest BCUT2D eigenvalue weighted by Gasteiger charge is 2.26. The Hall–Kier alpha value is -2.79. The van der Waals surface area contributed by atoms with Gasteiger partial charge in [0.1, 0.15) is 17.5 Å². The summed E-state index contributed by atoms with van der Waals surface area (Å²) < 4.78 is 5.14. The summed E-state index contributed by atoms with van der Waals surface area (Å²) in [5, 5.41) is 9.81. The van der Waals surface area contributed by atoms with E-state index in [1.807, 2.05) is 54.6 Å². The van der Waals surface area contributed by atoms with Crippen molar-refractivity contribution in [2.24, 2.45) is 0 Å². The highest BCUT2D eigenvalue weighted by atomic mass is 35.5. The number of ether oxygens (including phenoxy) is 1. The highest BCUT2D eigenvalue weighted by Crippen LogP contribution is 2.30. The molecule has 0 bridgehead atoms. The maximum atomic E-state index is 11.8. The number of carboxylic acids is 1. The van der Waals surface area contributed by atoms with Gasteiger partial charge >= 0.3 is 5.97 Å². The molecule has 2 aromatic carbocycles. The normalized spacial score (nSPS) is 11.9. The van der Waals surface area contributed by atoms with Crippen LogP contribution in [0.15, 0.2) is 54.6 Å². The van der Waals surface area contributed by atoms with Crippen LogP contribution in [0.3, 0.4) is 0 Å². The Kier molecular flexibility index (Phi) is 5.05. The number of hydrogen-bond acceptors (Lipinski definition) is 3. The quantitative estimate of drug-likeness (QED) is 0.695. The van der Waals surface area contributed by atoms with E-state index in [0.717, 1.165) is 16.9 Å². The van der Waals surface area contributed by atoms with Crippen LogP contribution in [0.4, 0.5) is 0 Å². The summed E-state index contributed by atoms with van der Waals surface area (Å²) in [6, 6.07) is 16.7. The molecule has 0 aliphatic rings. The molecule has 0 fully saturated rings. The maximum Gasteiger partial charge on any atom is 0.312 e. The zero-order chi connectivity index (χ0) is 17.8. The van der Waals surface area contributed by atoms with Crippen molar-refractivity contribution in [1.82, 2.24) is 9.97 Å². The maximum absolute atomic E-state index is 11.8. The lowest BCUT2D eigenvalue weighted by Gasteiger charge is -2.11. The Bertz CT molecular complexity index is 860. The zero-order valence-corrected chi connectivity index (χ0v) is 14.3. The molecule has 25 heavy (non-hydrogen) atoms. The van der Waals surface area contributed by atoms with Crippen LogP contribution in [0.25, 0.3) is 11.4 Å². The number of rotatable bonds is 6. The number of benzene rings is 2. The molecule has 0 aliphatic heterocycles. The van der Waals surface area contributed by atoms with Crippen molar-refractivity contribution >= 4 is 17.6 Å². The third-order valence-corrected chi connectivity index (χ3v) is 4.27. The fraction of sp³-hybridized carbons (Fsp3) is 0.158. The van der Waals surface area contributed by atoms with Gasteiger partial charge in [0.15, 0.2) is 5.15 Å². The van der Waals surface area contributed by atoms with Gasteiger partial charge in [-0.3, -0.25) is 4.79 Å². The predicted molar refractivity (Wildman–Crippen MR) is 96.1 cm³/mol. The second-order valence-electron chi connectivity index (χ2n) is 5.60. The van der Waals surface area contributed by atoms with E-state index < -0.39 is 11.9 Å². The topological polar surface area (TPSA) is 75.2 Å². The molecule has 2 N–H and O–H groups in total. The minimum atomic E-state index is -0.948. The Morgan fingerprint density at radius 2 is 1.88 bits per heavy atom. The largest absolute Gasteiger partial charge is 0.497 e. The fourth-order valence-electron chi connectivity index (χ4n) is 2.64. The van der Waals surface area contributed by atoms with Crippen LogP contribution >= 0.6 is 11.6 Å². The van der Waals surface area contributed by atoms with Gasteiger partial charge in [0.25, 0.3) is 0 Å². The summed E-state index contributed by atoms with van der Waals surface area (Å²) in [5.74, 6) is -0.485. The monoisotopic (exact) mass is 356 g/mol. The van der Waals surface area contributed by atoms with Gasteiger partial charge in [0, 0.05) is 5.56 Å². The number of halogens is 1. The zero-order valence-electron chi connectivity index (χ0n) is 13.6. The van der Waals surface area contributed by atoms with Crippen molar-refractivity contribution in [3.05, 3.63) is 71.0 Å². The Morgan fingerprint density at radius 1 is 1.20 bits per heavy atom.